The van der Waals surface area contributed by atoms with E-state index in [1.165, 1.54) is 30.2 Å². The van der Waals surface area contributed by atoms with E-state index < -0.39 is 17.2 Å². The average molecular weight is 405 g/mol. The van der Waals surface area contributed by atoms with Crippen LogP contribution in [0.3, 0.4) is 0 Å². The van der Waals surface area contributed by atoms with Gasteiger partial charge in [0.2, 0.25) is 5.91 Å². The third-order valence-electron chi connectivity index (χ3n) is 4.64. The normalized spacial score (nSPS) is 11.0. The van der Waals surface area contributed by atoms with Crippen LogP contribution >= 0.6 is 0 Å². The minimum atomic E-state index is -0.538. The predicted molar refractivity (Wildman–Crippen MR) is 109 cm³/mol. The van der Waals surface area contributed by atoms with Gasteiger partial charge in [-0.3, -0.25) is 14.2 Å². The highest BCUT2D eigenvalue weighted by Gasteiger charge is 2.11. The molecule has 3 N–H and O–H groups in total. The van der Waals surface area contributed by atoms with E-state index in [1.54, 1.807) is 0 Å². The van der Waals surface area contributed by atoms with Crippen LogP contribution in [0.4, 0.5) is 0 Å². The van der Waals surface area contributed by atoms with Crippen LogP contribution in [0.1, 0.15) is 36.0 Å². The van der Waals surface area contributed by atoms with Crippen molar-refractivity contribution in [3.05, 3.63) is 44.6 Å². The first-order valence-corrected chi connectivity index (χ1v) is 9.74. The van der Waals surface area contributed by atoms with E-state index in [2.05, 4.69) is 15.0 Å². The van der Waals surface area contributed by atoms with Crippen LogP contribution in [0.25, 0.3) is 10.9 Å². The Morgan fingerprint density at radius 1 is 1.17 bits per heavy atom. The van der Waals surface area contributed by atoms with Crippen LogP contribution in [-0.4, -0.2) is 55.7 Å². The van der Waals surface area contributed by atoms with Crippen molar-refractivity contribution in [3.63, 3.8) is 0 Å². The highest BCUT2D eigenvalue weighted by Crippen LogP contribution is 2.10. The second kappa shape index (κ2) is 10.6. The first kappa shape index (κ1) is 22.4. The van der Waals surface area contributed by atoms with E-state index >= 15 is 0 Å². The number of rotatable bonds is 10. The van der Waals surface area contributed by atoms with E-state index in [-0.39, 0.29) is 18.0 Å². The SMILES string of the molecule is COC(=O)c1ccc2c(=O)n(CCCCCC(=O)NCC[NH+](C)C)c(=O)[nH]c2c1. The van der Waals surface area contributed by atoms with Crippen molar-refractivity contribution in [1.82, 2.24) is 14.9 Å². The number of aromatic nitrogens is 2. The zero-order chi connectivity index (χ0) is 21.4. The fourth-order valence-corrected chi connectivity index (χ4v) is 2.97. The summed E-state index contributed by atoms with van der Waals surface area (Å²) in [6.45, 7) is 1.80. The lowest BCUT2D eigenvalue weighted by atomic mass is 10.1. The topological polar surface area (TPSA) is 115 Å². The standard InChI is InChI=1S/C20H28N4O5/c1-23(2)12-10-21-17(25)7-5-4-6-11-24-18(26)15-9-8-14(19(27)29-3)13-16(15)22-20(24)28/h8-9,13H,4-7,10-12H2,1-3H3,(H,21,25)(H,22,28)/p+1. The molecule has 1 aromatic heterocycles. The lowest BCUT2D eigenvalue weighted by Crippen LogP contribution is -3.06. The maximum absolute atomic E-state index is 12.6. The summed E-state index contributed by atoms with van der Waals surface area (Å²) in [7, 11) is 5.32. The molecule has 0 radical (unpaired) electrons. The van der Waals surface area contributed by atoms with Crippen LogP contribution in [0.15, 0.2) is 27.8 Å². The van der Waals surface area contributed by atoms with Crippen LogP contribution in [-0.2, 0) is 16.1 Å². The molecular weight excluding hydrogens is 376 g/mol. The van der Waals surface area contributed by atoms with Gasteiger partial charge in [0.25, 0.3) is 5.56 Å². The molecule has 0 saturated carbocycles. The number of H-pyrrole nitrogens is 1. The third-order valence-corrected chi connectivity index (χ3v) is 4.64. The number of ether oxygens (including phenoxy) is 1. The molecule has 0 unspecified atom stereocenters. The van der Waals surface area contributed by atoms with Gasteiger partial charge in [-0.05, 0) is 31.0 Å². The Balaban J connectivity index is 1.92. The molecule has 1 amide bonds. The number of nitrogens with one attached hydrogen (secondary N) is 3. The number of carbonyl (C=O) groups excluding carboxylic acids is 2. The van der Waals surface area contributed by atoms with Gasteiger partial charge in [0.1, 0.15) is 0 Å². The van der Waals surface area contributed by atoms with E-state index in [0.29, 0.717) is 36.7 Å². The van der Waals surface area contributed by atoms with Crippen molar-refractivity contribution in [2.75, 3.05) is 34.3 Å². The van der Waals surface area contributed by atoms with Gasteiger partial charge >= 0.3 is 11.7 Å². The molecule has 0 fully saturated rings. The van der Waals surface area contributed by atoms with Gasteiger partial charge in [-0.2, -0.15) is 0 Å². The van der Waals surface area contributed by atoms with Gasteiger partial charge in [0.15, 0.2) is 0 Å². The summed E-state index contributed by atoms with van der Waals surface area (Å²) in [5, 5.41) is 3.21. The summed E-state index contributed by atoms with van der Waals surface area (Å²) in [4.78, 5) is 52.2. The number of unbranched alkanes of at least 4 members (excludes halogenated alkanes) is 2. The van der Waals surface area contributed by atoms with Gasteiger partial charge in [-0.25, -0.2) is 9.59 Å². The summed E-state index contributed by atoms with van der Waals surface area (Å²) in [5.41, 5.74) is -0.356. The second-order valence-electron chi connectivity index (χ2n) is 7.26. The van der Waals surface area contributed by atoms with Gasteiger partial charge in [-0.15, -0.1) is 0 Å². The van der Waals surface area contributed by atoms with Crippen LogP contribution in [0.2, 0.25) is 0 Å². The Hall–Kier alpha value is -2.94. The molecule has 0 aliphatic heterocycles. The van der Waals surface area contributed by atoms with Crippen molar-refractivity contribution < 1.29 is 19.2 Å². The van der Waals surface area contributed by atoms with Gasteiger partial charge < -0.3 is 19.9 Å². The van der Waals surface area contributed by atoms with E-state index in [1.807, 2.05) is 14.1 Å². The number of methoxy groups -OCH3 is 1. The molecule has 2 rings (SSSR count). The number of hydrogen-bond donors (Lipinski definition) is 3. The predicted octanol–water partition coefficient (Wildman–Crippen LogP) is -0.702. The number of nitrogens with zero attached hydrogens (tertiary/aromatic N) is 1. The molecule has 9 heteroatoms. The van der Waals surface area contributed by atoms with Crippen LogP contribution in [0, 0.1) is 0 Å². The summed E-state index contributed by atoms with van der Waals surface area (Å²) in [6.07, 6.45) is 2.48. The number of esters is 1. The van der Waals surface area contributed by atoms with Crippen LogP contribution in [0.5, 0.6) is 0 Å². The number of fused-ring (bicyclic) bond motifs is 1. The van der Waals surface area contributed by atoms with Crippen molar-refractivity contribution >= 4 is 22.8 Å². The molecule has 1 aromatic carbocycles. The van der Waals surface area contributed by atoms with E-state index in [0.717, 1.165) is 17.5 Å². The van der Waals surface area contributed by atoms with Gasteiger partial charge in [-0.1, -0.05) is 6.42 Å². The molecule has 0 atom stereocenters. The summed E-state index contributed by atoms with van der Waals surface area (Å²) in [6, 6.07) is 4.44. The van der Waals surface area contributed by atoms with E-state index in [9.17, 15) is 19.2 Å². The lowest BCUT2D eigenvalue weighted by molar-refractivity contribution is -0.856. The molecule has 0 aliphatic carbocycles. The monoisotopic (exact) mass is 405 g/mol. The van der Waals surface area contributed by atoms with Crippen molar-refractivity contribution in [2.45, 2.75) is 32.2 Å². The molecular formula is C20H29N4O5+. The Labute approximate surface area is 168 Å². The number of aromatic amines is 1. The molecule has 2 aromatic rings. The second-order valence-corrected chi connectivity index (χ2v) is 7.26. The Bertz CT molecular complexity index is 977. The number of amides is 1. The molecule has 0 bridgehead atoms. The molecule has 0 aliphatic rings. The summed E-state index contributed by atoms with van der Waals surface area (Å²) in [5.74, 6) is -0.516. The number of benzene rings is 1. The largest absolute Gasteiger partial charge is 0.465 e. The summed E-state index contributed by atoms with van der Waals surface area (Å²) >= 11 is 0. The fraction of sp³-hybridized carbons (Fsp3) is 0.500. The van der Waals surface area contributed by atoms with Gasteiger partial charge in [0.05, 0.1) is 50.8 Å². The highest BCUT2D eigenvalue weighted by molar-refractivity contribution is 5.93. The Kier molecular flexibility index (Phi) is 8.14. The maximum atomic E-state index is 12.6. The molecule has 9 nitrogen and oxygen atoms in total. The Morgan fingerprint density at radius 3 is 2.62 bits per heavy atom. The first-order valence-electron chi connectivity index (χ1n) is 9.74. The molecule has 0 spiro atoms. The lowest BCUT2D eigenvalue weighted by Gasteiger charge is -2.09. The molecule has 1 heterocycles. The van der Waals surface area contributed by atoms with E-state index in [4.69, 9.17) is 0 Å². The first-order chi connectivity index (χ1) is 13.8. The summed E-state index contributed by atoms with van der Waals surface area (Å²) < 4.78 is 5.80. The highest BCUT2D eigenvalue weighted by atomic mass is 16.5. The van der Waals surface area contributed by atoms with Crippen LogP contribution < -0.4 is 21.5 Å². The molecule has 0 saturated heterocycles. The smallest absolute Gasteiger partial charge is 0.337 e. The van der Waals surface area contributed by atoms with Crippen molar-refractivity contribution in [3.8, 4) is 0 Å². The number of hydrogen-bond acceptors (Lipinski definition) is 5. The minimum Gasteiger partial charge on any atom is -0.465 e. The van der Waals surface area contributed by atoms with Crippen molar-refractivity contribution in [1.29, 1.82) is 0 Å². The van der Waals surface area contributed by atoms with Gasteiger partial charge in [0, 0.05) is 13.0 Å². The Morgan fingerprint density at radius 2 is 1.93 bits per heavy atom. The number of quaternary nitrogens is 1. The zero-order valence-corrected chi connectivity index (χ0v) is 17.2. The fourth-order valence-electron chi connectivity index (χ4n) is 2.97. The quantitative estimate of drug-likeness (QED) is 0.357. The maximum Gasteiger partial charge on any atom is 0.337 e. The number of likely N-dealkylation sites (N-methyl/N-ethyl adjacent to an activating group) is 1. The zero-order valence-electron chi connectivity index (χ0n) is 17.2. The minimum absolute atomic E-state index is 0.0216. The van der Waals surface area contributed by atoms with Crippen molar-refractivity contribution in [2.24, 2.45) is 0 Å². The molecule has 29 heavy (non-hydrogen) atoms. The number of carbonyl (C=O) groups is 2. The average Bonchev–Trinajstić information content (AvgIpc) is 2.68. The molecule has 158 valence electrons. The third kappa shape index (κ3) is 6.28.